The molecule has 1 aliphatic carbocycles. The van der Waals surface area contributed by atoms with Crippen molar-refractivity contribution >= 4 is 5.91 Å². The predicted octanol–water partition coefficient (Wildman–Crippen LogP) is 4.92. The number of hydrogen-bond acceptors (Lipinski definition) is 3. The van der Waals surface area contributed by atoms with E-state index in [1.807, 2.05) is 0 Å². The quantitative estimate of drug-likeness (QED) is 0.653. The van der Waals surface area contributed by atoms with E-state index in [-0.39, 0.29) is 0 Å². The molecule has 3 aliphatic rings. The van der Waals surface area contributed by atoms with Crippen molar-refractivity contribution in [2.75, 3.05) is 39.3 Å². The van der Waals surface area contributed by atoms with Crippen molar-refractivity contribution < 1.29 is 4.79 Å². The van der Waals surface area contributed by atoms with E-state index in [4.69, 9.17) is 0 Å². The first-order valence-electron chi connectivity index (χ1n) is 13.0. The first-order chi connectivity index (χ1) is 16.1. The van der Waals surface area contributed by atoms with Gasteiger partial charge in [-0.1, -0.05) is 69.2 Å². The predicted molar refractivity (Wildman–Crippen MR) is 135 cm³/mol. The SMILES string of the molecule is CC(C)c1cccc(-c2ccc3c(c2)CCN(CC(=O)N2CCN(C4CCCC4)CC2)C3)c1. The van der Waals surface area contributed by atoms with Crippen molar-refractivity contribution in [3.05, 3.63) is 59.2 Å². The van der Waals surface area contributed by atoms with E-state index in [0.29, 0.717) is 18.4 Å². The molecule has 0 atom stereocenters. The lowest BCUT2D eigenvalue weighted by Crippen LogP contribution is -2.53. The molecule has 33 heavy (non-hydrogen) atoms. The summed E-state index contributed by atoms with van der Waals surface area (Å²) in [6, 6.07) is 16.6. The molecule has 4 nitrogen and oxygen atoms in total. The molecule has 2 aromatic rings. The number of amides is 1. The molecule has 5 rings (SSSR count). The third-order valence-corrected chi connectivity index (χ3v) is 8.05. The average Bonchev–Trinajstić information content (AvgIpc) is 3.39. The smallest absolute Gasteiger partial charge is 0.236 e. The van der Waals surface area contributed by atoms with E-state index in [1.54, 1.807) is 0 Å². The highest BCUT2D eigenvalue weighted by Gasteiger charge is 2.29. The van der Waals surface area contributed by atoms with Crippen molar-refractivity contribution in [3.63, 3.8) is 0 Å². The van der Waals surface area contributed by atoms with Crippen LogP contribution in [0, 0.1) is 0 Å². The van der Waals surface area contributed by atoms with Crippen LogP contribution in [0.3, 0.4) is 0 Å². The van der Waals surface area contributed by atoms with Crippen LogP contribution in [0.15, 0.2) is 42.5 Å². The van der Waals surface area contributed by atoms with Gasteiger partial charge in [0.1, 0.15) is 0 Å². The molecular formula is C29H39N3O. The Morgan fingerprint density at radius 1 is 0.909 bits per heavy atom. The second-order valence-corrected chi connectivity index (χ2v) is 10.6. The van der Waals surface area contributed by atoms with Gasteiger partial charge in [0, 0.05) is 45.3 Å². The molecule has 0 radical (unpaired) electrons. The van der Waals surface area contributed by atoms with Gasteiger partial charge in [0.15, 0.2) is 0 Å². The summed E-state index contributed by atoms with van der Waals surface area (Å²) in [7, 11) is 0. The molecule has 0 spiro atoms. The number of carbonyl (C=O) groups is 1. The van der Waals surface area contributed by atoms with E-state index in [0.717, 1.165) is 51.7 Å². The van der Waals surface area contributed by atoms with E-state index >= 15 is 0 Å². The lowest BCUT2D eigenvalue weighted by molar-refractivity contribution is -0.134. The van der Waals surface area contributed by atoms with Crippen molar-refractivity contribution in [3.8, 4) is 11.1 Å². The third-order valence-electron chi connectivity index (χ3n) is 8.05. The number of fused-ring (bicyclic) bond motifs is 1. The van der Waals surface area contributed by atoms with Crippen molar-refractivity contribution in [1.82, 2.24) is 14.7 Å². The monoisotopic (exact) mass is 445 g/mol. The van der Waals surface area contributed by atoms with Gasteiger partial charge < -0.3 is 4.90 Å². The lowest BCUT2D eigenvalue weighted by Gasteiger charge is -2.39. The zero-order chi connectivity index (χ0) is 22.8. The van der Waals surface area contributed by atoms with E-state index in [9.17, 15) is 4.79 Å². The van der Waals surface area contributed by atoms with Gasteiger partial charge in [0.05, 0.1) is 6.54 Å². The first kappa shape index (κ1) is 22.6. The minimum absolute atomic E-state index is 0.312. The van der Waals surface area contributed by atoms with Crippen LogP contribution >= 0.6 is 0 Å². The summed E-state index contributed by atoms with van der Waals surface area (Å²) in [5.41, 5.74) is 6.82. The van der Waals surface area contributed by atoms with E-state index in [2.05, 4.69) is 71.0 Å². The fourth-order valence-corrected chi connectivity index (χ4v) is 5.90. The summed E-state index contributed by atoms with van der Waals surface area (Å²) >= 11 is 0. The molecular weight excluding hydrogens is 406 g/mol. The van der Waals surface area contributed by atoms with Crippen molar-refractivity contribution in [2.24, 2.45) is 0 Å². The number of nitrogens with zero attached hydrogens (tertiary/aromatic N) is 3. The standard InChI is InChI=1S/C29H39N3O/c1-22(2)23-6-5-7-24(18-23)25-10-11-27-20-30(13-12-26(27)19-25)21-29(33)32-16-14-31(15-17-32)28-8-3-4-9-28/h5-7,10-11,18-19,22,28H,3-4,8-9,12-17,20-21H2,1-2H3. The molecule has 0 aromatic heterocycles. The zero-order valence-electron chi connectivity index (χ0n) is 20.4. The maximum absolute atomic E-state index is 13.0. The average molecular weight is 446 g/mol. The van der Waals surface area contributed by atoms with Crippen LogP contribution in [0.5, 0.6) is 0 Å². The van der Waals surface area contributed by atoms with Gasteiger partial charge in [-0.25, -0.2) is 0 Å². The maximum Gasteiger partial charge on any atom is 0.236 e. The van der Waals surface area contributed by atoms with Crippen LogP contribution in [0.1, 0.15) is 62.1 Å². The largest absolute Gasteiger partial charge is 0.339 e. The van der Waals surface area contributed by atoms with Crippen LogP contribution < -0.4 is 0 Å². The summed E-state index contributed by atoms with van der Waals surface area (Å²) in [5, 5.41) is 0. The van der Waals surface area contributed by atoms with Crippen molar-refractivity contribution in [1.29, 1.82) is 0 Å². The Labute approximate surface area is 199 Å². The number of rotatable bonds is 5. The van der Waals surface area contributed by atoms with Gasteiger partial charge in [0.25, 0.3) is 0 Å². The zero-order valence-corrected chi connectivity index (χ0v) is 20.4. The van der Waals surface area contributed by atoms with Crippen LogP contribution in [0.2, 0.25) is 0 Å². The van der Waals surface area contributed by atoms with Gasteiger partial charge in [-0.15, -0.1) is 0 Å². The summed E-state index contributed by atoms with van der Waals surface area (Å²) in [4.78, 5) is 20.1. The van der Waals surface area contributed by atoms with E-state index in [1.165, 1.54) is 53.5 Å². The van der Waals surface area contributed by atoms with Crippen LogP contribution in [0.4, 0.5) is 0 Å². The van der Waals surface area contributed by atoms with E-state index < -0.39 is 0 Å². The highest BCUT2D eigenvalue weighted by Crippen LogP contribution is 2.29. The summed E-state index contributed by atoms with van der Waals surface area (Å²) in [5.74, 6) is 0.853. The normalized spacial score (nSPS) is 20.4. The van der Waals surface area contributed by atoms with Gasteiger partial charge in [-0.3, -0.25) is 14.6 Å². The molecule has 2 aliphatic heterocycles. The minimum Gasteiger partial charge on any atom is -0.339 e. The van der Waals surface area contributed by atoms with Gasteiger partial charge in [0.2, 0.25) is 5.91 Å². The molecule has 2 aromatic carbocycles. The maximum atomic E-state index is 13.0. The fourth-order valence-electron chi connectivity index (χ4n) is 5.90. The molecule has 176 valence electrons. The molecule has 1 saturated heterocycles. The molecule has 2 heterocycles. The van der Waals surface area contributed by atoms with Gasteiger partial charge >= 0.3 is 0 Å². The Balaban J connectivity index is 1.17. The van der Waals surface area contributed by atoms with Crippen LogP contribution in [-0.2, 0) is 17.8 Å². The highest BCUT2D eigenvalue weighted by atomic mass is 16.2. The molecule has 0 unspecified atom stereocenters. The van der Waals surface area contributed by atoms with Crippen molar-refractivity contribution in [2.45, 2.75) is 64.5 Å². The second-order valence-electron chi connectivity index (χ2n) is 10.6. The Bertz CT molecular complexity index is 971. The molecule has 2 fully saturated rings. The highest BCUT2D eigenvalue weighted by molar-refractivity contribution is 5.78. The summed E-state index contributed by atoms with van der Waals surface area (Å²) in [6.07, 6.45) is 6.49. The molecule has 1 saturated carbocycles. The number of piperazine rings is 1. The van der Waals surface area contributed by atoms with Crippen LogP contribution in [-0.4, -0.2) is 65.9 Å². The van der Waals surface area contributed by atoms with Gasteiger partial charge in [-0.2, -0.15) is 0 Å². The van der Waals surface area contributed by atoms with Gasteiger partial charge in [-0.05, 0) is 53.0 Å². The Kier molecular flexibility index (Phi) is 6.84. The molecule has 4 heteroatoms. The summed E-state index contributed by atoms with van der Waals surface area (Å²) in [6.45, 7) is 10.8. The van der Waals surface area contributed by atoms with Crippen LogP contribution in [0.25, 0.3) is 11.1 Å². The lowest BCUT2D eigenvalue weighted by atomic mass is 9.92. The third kappa shape index (κ3) is 5.17. The molecule has 1 amide bonds. The number of hydrogen-bond donors (Lipinski definition) is 0. The second kappa shape index (κ2) is 9.99. The fraction of sp³-hybridized carbons (Fsp3) is 0.552. The molecule has 0 bridgehead atoms. The Morgan fingerprint density at radius 2 is 1.67 bits per heavy atom. The number of benzene rings is 2. The summed E-state index contributed by atoms with van der Waals surface area (Å²) < 4.78 is 0. The minimum atomic E-state index is 0.312. The Morgan fingerprint density at radius 3 is 2.42 bits per heavy atom. The first-order valence-corrected chi connectivity index (χ1v) is 13.0. The molecule has 0 N–H and O–H groups in total. The number of carbonyl (C=O) groups excluding carboxylic acids is 1. The Hall–Kier alpha value is -2.17. The topological polar surface area (TPSA) is 26.8 Å².